The second kappa shape index (κ2) is 6.21. The van der Waals surface area contributed by atoms with Crippen molar-refractivity contribution in [1.29, 1.82) is 0 Å². The van der Waals surface area contributed by atoms with Crippen LogP contribution >= 0.6 is 0 Å². The van der Waals surface area contributed by atoms with E-state index in [1.54, 1.807) is 13.8 Å². The van der Waals surface area contributed by atoms with E-state index in [2.05, 4.69) is 0 Å². The molecule has 0 saturated carbocycles. The summed E-state index contributed by atoms with van der Waals surface area (Å²) >= 11 is 0. The smallest absolute Gasteiger partial charge is 0.347 e. The van der Waals surface area contributed by atoms with Gasteiger partial charge in [-0.3, -0.25) is 9.59 Å². The lowest BCUT2D eigenvalue weighted by Gasteiger charge is -2.40. The lowest BCUT2D eigenvalue weighted by molar-refractivity contribution is -0.171. The fraction of sp³-hybridized carbons (Fsp3) is 0.846. The molecule has 0 fully saturated rings. The highest BCUT2D eigenvalue weighted by molar-refractivity contribution is 5.88. The molecule has 124 valence electrons. The molecule has 0 radical (unpaired) electrons. The van der Waals surface area contributed by atoms with Crippen molar-refractivity contribution in [2.24, 2.45) is 11.1 Å². The zero-order chi connectivity index (χ0) is 17.2. The van der Waals surface area contributed by atoms with Gasteiger partial charge in [0, 0.05) is 19.6 Å². The maximum absolute atomic E-state index is 12.7. The van der Waals surface area contributed by atoms with Crippen molar-refractivity contribution in [2.75, 3.05) is 27.2 Å². The average Bonchev–Trinajstić information content (AvgIpc) is 2.23. The molecule has 0 aromatic heterocycles. The minimum absolute atomic E-state index is 0.511. The van der Waals surface area contributed by atoms with E-state index < -0.39 is 42.0 Å². The Kier molecular flexibility index (Phi) is 5.82. The van der Waals surface area contributed by atoms with Crippen LogP contribution in [0.2, 0.25) is 0 Å². The molecule has 0 aromatic rings. The number of likely N-dealkylation sites (N-methyl/N-ethyl adjacent to an activating group) is 1. The van der Waals surface area contributed by atoms with Gasteiger partial charge >= 0.3 is 6.18 Å². The molecule has 0 bridgehead atoms. The Morgan fingerprint density at radius 3 is 1.76 bits per heavy atom. The summed E-state index contributed by atoms with van der Waals surface area (Å²) in [5.41, 5.74) is 3.60. The number of halogens is 3. The van der Waals surface area contributed by atoms with Crippen molar-refractivity contribution in [3.63, 3.8) is 0 Å². The molecular weight excluding hydrogens is 287 g/mol. The number of alkyl halides is 3. The Labute approximate surface area is 123 Å². The quantitative estimate of drug-likeness (QED) is 0.830. The molecule has 0 rings (SSSR count). The third-order valence-corrected chi connectivity index (χ3v) is 3.63. The van der Waals surface area contributed by atoms with Crippen molar-refractivity contribution in [3.8, 4) is 0 Å². The van der Waals surface area contributed by atoms with E-state index in [1.807, 2.05) is 0 Å². The summed E-state index contributed by atoms with van der Waals surface area (Å²) in [6.45, 7) is 3.95. The number of nitrogens with two attached hydrogens (primary N) is 1. The van der Waals surface area contributed by atoms with Crippen LogP contribution in [0.3, 0.4) is 0 Å². The second-order valence-electron chi connectivity index (χ2n) is 6.41. The monoisotopic (exact) mass is 311 g/mol. The molecule has 0 aliphatic heterocycles. The topological polar surface area (TPSA) is 66.6 Å². The third-order valence-electron chi connectivity index (χ3n) is 3.63. The first-order chi connectivity index (χ1) is 9.09. The highest BCUT2D eigenvalue weighted by Gasteiger charge is 2.45. The number of carbonyl (C=O) groups is 2. The standard InChI is InChI=1S/C13H24F3N3O2/c1-11(2,12(3,4)17)10(21)19(8-13(14,15)16)7-9(20)18(5)6/h7-8,17H2,1-6H3. The van der Waals surface area contributed by atoms with Crippen LogP contribution in [0.25, 0.3) is 0 Å². The Morgan fingerprint density at radius 2 is 1.48 bits per heavy atom. The molecule has 2 N–H and O–H groups in total. The maximum atomic E-state index is 12.7. The fourth-order valence-electron chi connectivity index (χ4n) is 1.39. The summed E-state index contributed by atoms with van der Waals surface area (Å²) in [6, 6.07) is 0. The van der Waals surface area contributed by atoms with E-state index >= 15 is 0 Å². The summed E-state index contributed by atoms with van der Waals surface area (Å²) < 4.78 is 38.0. The average molecular weight is 311 g/mol. The molecule has 0 aliphatic rings. The van der Waals surface area contributed by atoms with Gasteiger partial charge in [-0.25, -0.2) is 0 Å². The Hall–Kier alpha value is -1.31. The predicted molar refractivity (Wildman–Crippen MR) is 73.4 cm³/mol. The number of carbonyl (C=O) groups excluding carboxylic acids is 2. The molecule has 5 nitrogen and oxygen atoms in total. The zero-order valence-corrected chi connectivity index (χ0v) is 13.3. The Balaban J connectivity index is 5.40. The van der Waals surface area contributed by atoms with Crippen molar-refractivity contribution in [2.45, 2.75) is 39.4 Å². The molecule has 0 saturated heterocycles. The van der Waals surface area contributed by atoms with Gasteiger partial charge < -0.3 is 15.5 Å². The number of hydrogen-bond acceptors (Lipinski definition) is 3. The highest BCUT2D eigenvalue weighted by atomic mass is 19.4. The van der Waals surface area contributed by atoms with Crippen molar-refractivity contribution in [1.82, 2.24) is 9.80 Å². The van der Waals surface area contributed by atoms with E-state index in [-0.39, 0.29) is 0 Å². The van der Waals surface area contributed by atoms with Crippen molar-refractivity contribution in [3.05, 3.63) is 0 Å². The molecule has 0 spiro atoms. The minimum atomic E-state index is -4.59. The van der Waals surface area contributed by atoms with Gasteiger partial charge in [0.1, 0.15) is 13.1 Å². The van der Waals surface area contributed by atoms with Crippen LogP contribution in [0.15, 0.2) is 0 Å². The summed E-state index contributed by atoms with van der Waals surface area (Å²) in [4.78, 5) is 25.7. The van der Waals surface area contributed by atoms with E-state index in [0.717, 1.165) is 4.90 Å². The summed E-state index contributed by atoms with van der Waals surface area (Å²) in [7, 11) is 2.83. The van der Waals surface area contributed by atoms with Crippen LogP contribution in [-0.4, -0.2) is 60.5 Å². The highest BCUT2D eigenvalue weighted by Crippen LogP contribution is 2.31. The van der Waals surface area contributed by atoms with Crippen LogP contribution in [-0.2, 0) is 9.59 Å². The molecule has 0 aliphatic carbocycles. The van der Waals surface area contributed by atoms with Gasteiger partial charge in [-0.15, -0.1) is 0 Å². The first kappa shape index (κ1) is 19.7. The summed E-state index contributed by atoms with van der Waals surface area (Å²) in [5, 5.41) is 0. The Bertz CT molecular complexity index is 398. The van der Waals surface area contributed by atoms with Gasteiger partial charge in [-0.1, -0.05) is 0 Å². The molecule has 0 unspecified atom stereocenters. The number of amides is 2. The predicted octanol–water partition coefficient (Wildman–Crippen LogP) is 1.23. The molecule has 21 heavy (non-hydrogen) atoms. The summed E-state index contributed by atoms with van der Waals surface area (Å²) in [6.07, 6.45) is -4.59. The second-order valence-corrected chi connectivity index (χ2v) is 6.41. The third kappa shape index (κ3) is 5.53. The zero-order valence-electron chi connectivity index (χ0n) is 13.3. The summed E-state index contributed by atoms with van der Waals surface area (Å²) in [5.74, 6) is -1.39. The van der Waals surface area contributed by atoms with E-state index in [0.29, 0.717) is 4.90 Å². The Morgan fingerprint density at radius 1 is 1.05 bits per heavy atom. The van der Waals surface area contributed by atoms with Gasteiger partial charge in [0.05, 0.1) is 5.41 Å². The van der Waals surface area contributed by atoms with Crippen LogP contribution in [0.5, 0.6) is 0 Å². The SMILES string of the molecule is CN(C)C(=O)CN(CC(F)(F)F)C(=O)C(C)(C)C(C)(C)N. The van der Waals surface area contributed by atoms with Crippen LogP contribution in [0, 0.1) is 5.41 Å². The van der Waals surface area contributed by atoms with Crippen LogP contribution in [0.1, 0.15) is 27.7 Å². The van der Waals surface area contributed by atoms with Crippen molar-refractivity contribution >= 4 is 11.8 Å². The molecule has 8 heteroatoms. The minimum Gasteiger partial charge on any atom is -0.347 e. The lowest BCUT2D eigenvalue weighted by Crippen LogP contribution is -2.58. The number of rotatable bonds is 5. The van der Waals surface area contributed by atoms with Gasteiger partial charge in [-0.2, -0.15) is 13.2 Å². The molecule has 0 aromatic carbocycles. The maximum Gasteiger partial charge on any atom is 0.406 e. The van der Waals surface area contributed by atoms with Gasteiger partial charge in [0.2, 0.25) is 11.8 Å². The van der Waals surface area contributed by atoms with E-state index in [4.69, 9.17) is 5.73 Å². The number of hydrogen-bond donors (Lipinski definition) is 1. The molecule has 0 heterocycles. The van der Waals surface area contributed by atoms with Crippen LogP contribution < -0.4 is 5.73 Å². The largest absolute Gasteiger partial charge is 0.406 e. The lowest BCUT2D eigenvalue weighted by atomic mass is 9.74. The first-order valence-electron chi connectivity index (χ1n) is 6.45. The van der Waals surface area contributed by atoms with Crippen molar-refractivity contribution < 1.29 is 22.8 Å². The van der Waals surface area contributed by atoms with E-state index in [9.17, 15) is 22.8 Å². The number of nitrogens with zero attached hydrogens (tertiary/aromatic N) is 2. The van der Waals surface area contributed by atoms with Crippen LogP contribution in [0.4, 0.5) is 13.2 Å². The van der Waals surface area contributed by atoms with E-state index in [1.165, 1.54) is 27.9 Å². The van der Waals surface area contributed by atoms with Gasteiger partial charge in [0.15, 0.2) is 0 Å². The molecule has 2 amide bonds. The fourth-order valence-corrected chi connectivity index (χ4v) is 1.39. The van der Waals surface area contributed by atoms with Gasteiger partial charge in [-0.05, 0) is 27.7 Å². The first-order valence-corrected chi connectivity index (χ1v) is 6.45. The normalized spacial score (nSPS) is 13.0. The molecule has 0 atom stereocenters. The molecular formula is C13H24F3N3O2. The van der Waals surface area contributed by atoms with Gasteiger partial charge in [0.25, 0.3) is 0 Å².